The van der Waals surface area contributed by atoms with Gasteiger partial charge in [0.1, 0.15) is 5.60 Å². The van der Waals surface area contributed by atoms with Gasteiger partial charge in [0.2, 0.25) is 5.91 Å². The normalized spacial score (nSPS) is 27.5. The van der Waals surface area contributed by atoms with E-state index in [-0.39, 0.29) is 24.0 Å². The van der Waals surface area contributed by atoms with Crippen LogP contribution in [0.3, 0.4) is 0 Å². The molecule has 3 aliphatic rings. The lowest BCUT2D eigenvalue weighted by atomic mass is 9.88. The number of rotatable bonds is 2. The number of nitrogens with one attached hydrogen (secondary N) is 1. The zero-order valence-electron chi connectivity index (χ0n) is 14.7. The number of carbonyl (C=O) groups excluding carboxylic acids is 2. The molecule has 2 amide bonds. The third kappa shape index (κ3) is 3.62. The third-order valence-electron chi connectivity index (χ3n) is 5.33. The van der Waals surface area contributed by atoms with Gasteiger partial charge in [-0.3, -0.25) is 4.79 Å². The van der Waals surface area contributed by atoms with E-state index < -0.39 is 5.60 Å². The van der Waals surface area contributed by atoms with Crippen LogP contribution in [0.25, 0.3) is 0 Å². The minimum absolute atomic E-state index is 0.0739. The van der Waals surface area contributed by atoms with E-state index in [2.05, 4.69) is 17.3 Å². The van der Waals surface area contributed by atoms with E-state index in [1.807, 2.05) is 20.8 Å². The molecule has 2 aliphatic heterocycles. The number of piperidine rings is 1. The average Bonchev–Trinajstić information content (AvgIpc) is 3.15. The Morgan fingerprint density at radius 2 is 1.87 bits per heavy atom. The van der Waals surface area contributed by atoms with Crippen LogP contribution >= 0.6 is 0 Å². The van der Waals surface area contributed by atoms with Gasteiger partial charge in [0, 0.05) is 24.5 Å². The Kier molecular flexibility index (Phi) is 4.07. The number of likely N-dealkylation sites (tertiary alicyclic amines) is 2. The van der Waals surface area contributed by atoms with Crippen LogP contribution in [0.5, 0.6) is 0 Å². The second-order valence-corrected chi connectivity index (χ2v) is 8.43. The van der Waals surface area contributed by atoms with E-state index in [9.17, 15) is 9.59 Å². The molecule has 2 heterocycles. The van der Waals surface area contributed by atoms with Crippen molar-refractivity contribution in [2.75, 3.05) is 26.7 Å². The summed E-state index contributed by atoms with van der Waals surface area (Å²) in [6, 6.07) is 0.0739. The van der Waals surface area contributed by atoms with Crippen molar-refractivity contribution in [3.05, 3.63) is 0 Å². The van der Waals surface area contributed by atoms with Gasteiger partial charge >= 0.3 is 6.09 Å². The molecule has 0 radical (unpaired) electrons. The molecular weight excluding hydrogens is 294 g/mol. The maximum Gasteiger partial charge on any atom is 0.410 e. The highest BCUT2D eigenvalue weighted by Gasteiger charge is 2.51. The van der Waals surface area contributed by atoms with Crippen LogP contribution in [0.4, 0.5) is 4.79 Å². The van der Waals surface area contributed by atoms with E-state index in [1.54, 1.807) is 4.90 Å². The maximum absolute atomic E-state index is 12.5. The first kappa shape index (κ1) is 16.6. The van der Waals surface area contributed by atoms with Gasteiger partial charge in [0.05, 0.1) is 6.04 Å². The van der Waals surface area contributed by atoms with Gasteiger partial charge in [-0.2, -0.15) is 0 Å². The highest BCUT2D eigenvalue weighted by Crippen LogP contribution is 2.49. The standard InChI is InChI=1S/C17H29N3O3/c1-16(2,3)23-15(22)20-10-13(11-20)18-14(21)12-5-8-19(4)17(9-12)6-7-17/h12-13H,5-11H2,1-4H3,(H,18,21). The van der Waals surface area contributed by atoms with E-state index in [4.69, 9.17) is 4.74 Å². The Labute approximate surface area is 138 Å². The molecule has 3 fully saturated rings. The van der Waals surface area contributed by atoms with Gasteiger partial charge in [-0.15, -0.1) is 0 Å². The lowest BCUT2D eigenvalue weighted by Gasteiger charge is -2.42. The first-order valence-electron chi connectivity index (χ1n) is 8.68. The predicted molar refractivity (Wildman–Crippen MR) is 87.1 cm³/mol. The number of amides is 2. The number of ether oxygens (including phenoxy) is 1. The summed E-state index contributed by atoms with van der Waals surface area (Å²) in [6.45, 7) is 7.69. The molecule has 3 rings (SSSR count). The first-order chi connectivity index (χ1) is 10.7. The number of hydrogen-bond acceptors (Lipinski definition) is 4. The van der Waals surface area contributed by atoms with Crippen molar-refractivity contribution >= 4 is 12.0 Å². The summed E-state index contributed by atoms with van der Waals surface area (Å²) in [5.74, 6) is 0.294. The summed E-state index contributed by atoms with van der Waals surface area (Å²) in [7, 11) is 2.17. The van der Waals surface area contributed by atoms with Crippen molar-refractivity contribution in [2.24, 2.45) is 5.92 Å². The molecular formula is C17H29N3O3. The van der Waals surface area contributed by atoms with Gasteiger partial charge < -0.3 is 19.9 Å². The second-order valence-electron chi connectivity index (χ2n) is 8.43. The lowest BCUT2D eigenvalue weighted by Crippen LogP contribution is -2.62. The molecule has 1 spiro atoms. The first-order valence-corrected chi connectivity index (χ1v) is 8.68. The molecule has 2 saturated heterocycles. The van der Waals surface area contributed by atoms with Crippen LogP contribution in [-0.4, -0.2) is 65.7 Å². The number of nitrogens with zero attached hydrogens (tertiary/aromatic N) is 2. The molecule has 1 unspecified atom stereocenters. The van der Waals surface area contributed by atoms with Crippen LogP contribution in [0.1, 0.15) is 46.5 Å². The van der Waals surface area contributed by atoms with Crippen molar-refractivity contribution in [1.29, 1.82) is 0 Å². The molecule has 0 aromatic carbocycles. The highest BCUT2D eigenvalue weighted by atomic mass is 16.6. The quantitative estimate of drug-likeness (QED) is 0.838. The zero-order valence-corrected chi connectivity index (χ0v) is 14.7. The van der Waals surface area contributed by atoms with Gasteiger partial charge in [-0.25, -0.2) is 4.79 Å². The number of hydrogen-bond donors (Lipinski definition) is 1. The Balaban J connectivity index is 1.42. The molecule has 1 saturated carbocycles. The second kappa shape index (κ2) is 5.65. The summed E-state index contributed by atoms with van der Waals surface area (Å²) >= 11 is 0. The fourth-order valence-corrected chi connectivity index (χ4v) is 3.62. The summed E-state index contributed by atoms with van der Waals surface area (Å²) in [4.78, 5) is 28.4. The molecule has 0 aromatic rings. The zero-order chi connectivity index (χ0) is 16.8. The fraction of sp³-hybridized carbons (Fsp3) is 0.882. The summed E-state index contributed by atoms with van der Waals surface area (Å²) in [5, 5.41) is 3.11. The summed E-state index contributed by atoms with van der Waals surface area (Å²) in [5.41, 5.74) is -0.166. The van der Waals surface area contributed by atoms with Gasteiger partial charge in [-0.05, 0) is 60.0 Å². The van der Waals surface area contributed by atoms with Crippen molar-refractivity contribution < 1.29 is 14.3 Å². The van der Waals surface area contributed by atoms with E-state index >= 15 is 0 Å². The Morgan fingerprint density at radius 1 is 1.22 bits per heavy atom. The molecule has 1 N–H and O–H groups in total. The Morgan fingerprint density at radius 3 is 2.43 bits per heavy atom. The highest BCUT2D eigenvalue weighted by molar-refractivity contribution is 5.80. The predicted octanol–water partition coefficient (Wildman–Crippen LogP) is 1.60. The SMILES string of the molecule is CN1CCC(C(=O)NC2CN(C(=O)OC(C)(C)C)C2)CC12CC2. The van der Waals surface area contributed by atoms with Crippen LogP contribution in [0, 0.1) is 5.92 Å². The van der Waals surface area contributed by atoms with Gasteiger partial charge in [0.25, 0.3) is 0 Å². The van der Waals surface area contributed by atoms with Crippen molar-refractivity contribution in [3.63, 3.8) is 0 Å². The van der Waals surface area contributed by atoms with Crippen LogP contribution < -0.4 is 5.32 Å². The average molecular weight is 323 g/mol. The van der Waals surface area contributed by atoms with Crippen LogP contribution in [-0.2, 0) is 9.53 Å². The third-order valence-corrected chi connectivity index (χ3v) is 5.33. The summed E-state index contributed by atoms with van der Waals surface area (Å²) < 4.78 is 5.33. The lowest BCUT2D eigenvalue weighted by molar-refractivity contribution is -0.129. The van der Waals surface area contributed by atoms with E-state index in [0.717, 1.165) is 19.4 Å². The van der Waals surface area contributed by atoms with Gasteiger partial charge in [-0.1, -0.05) is 0 Å². The largest absolute Gasteiger partial charge is 0.444 e. The molecule has 1 atom stereocenters. The van der Waals surface area contributed by atoms with Gasteiger partial charge in [0.15, 0.2) is 0 Å². The van der Waals surface area contributed by atoms with E-state index in [1.165, 1.54) is 12.8 Å². The summed E-state index contributed by atoms with van der Waals surface area (Å²) in [6.07, 6.45) is 4.08. The molecule has 6 heteroatoms. The molecule has 0 bridgehead atoms. The fourth-order valence-electron chi connectivity index (χ4n) is 3.62. The van der Waals surface area contributed by atoms with Crippen molar-refractivity contribution in [3.8, 4) is 0 Å². The van der Waals surface area contributed by atoms with Crippen LogP contribution in [0.2, 0.25) is 0 Å². The molecule has 1 aliphatic carbocycles. The monoisotopic (exact) mass is 323 g/mol. The Hall–Kier alpha value is -1.30. The maximum atomic E-state index is 12.5. The smallest absolute Gasteiger partial charge is 0.410 e. The molecule has 23 heavy (non-hydrogen) atoms. The molecule has 0 aromatic heterocycles. The van der Waals surface area contributed by atoms with Crippen molar-refractivity contribution in [2.45, 2.75) is 63.6 Å². The minimum atomic E-state index is -0.474. The molecule has 130 valence electrons. The number of carbonyl (C=O) groups is 2. The van der Waals surface area contributed by atoms with E-state index in [0.29, 0.717) is 18.6 Å². The minimum Gasteiger partial charge on any atom is -0.444 e. The molecule has 6 nitrogen and oxygen atoms in total. The Bertz CT molecular complexity index is 490. The van der Waals surface area contributed by atoms with Crippen LogP contribution in [0.15, 0.2) is 0 Å². The topological polar surface area (TPSA) is 61.9 Å². The van der Waals surface area contributed by atoms with Crippen molar-refractivity contribution in [1.82, 2.24) is 15.1 Å².